The monoisotopic (exact) mass is 348 g/mol. The quantitative estimate of drug-likeness (QED) is 0.488. The van der Waals surface area contributed by atoms with Gasteiger partial charge < -0.3 is 18.8 Å². The van der Waals surface area contributed by atoms with Crippen molar-refractivity contribution in [3.8, 4) is 6.01 Å². The summed E-state index contributed by atoms with van der Waals surface area (Å²) in [7, 11) is -1.78. The number of hydrogen-bond donors (Lipinski definition) is 0. The second-order valence-corrected chi connectivity index (χ2v) is 12.4. The largest absolute Gasteiger partial charge is 1.00 e. The van der Waals surface area contributed by atoms with Gasteiger partial charge in [0.1, 0.15) is 6.73 Å². The summed E-state index contributed by atoms with van der Waals surface area (Å²) in [5.74, 6) is 0.0174. The van der Waals surface area contributed by atoms with Crippen LogP contribution in [0.3, 0.4) is 0 Å². The van der Waals surface area contributed by atoms with Crippen LogP contribution in [0.25, 0.3) is 0 Å². The van der Waals surface area contributed by atoms with E-state index in [-0.39, 0.29) is 36.5 Å². The van der Waals surface area contributed by atoms with Gasteiger partial charge in [0.15, 0.2) is 8.32 Å². The third-order valence-corrected chi connectivity index (χ3v) is 8.87. The van der Waals surface area contributed by atoms with Gasteiger partial charge in [0.05, 0.1) is 19.2 Å². The standard InChI is InChI=1S/C16H30N2O4Si.Li/c1-12(2)13-10-18(15(20)17-14(13)19)11-21-8-9-22-23(6,7)16(3,4)5;/h10,12H,8-9,11H2,1-7H3,(H,17,19,20);/q;+1/p-1. The van der Waals surface area contributed by atoms with Crippen LogP contribution >= 0.6 is 0 Å². The van der Waals surface area contributed by atoms with Crippen LogP contribution in [-0.2, 0) is 15.9 Å². The number of nitrogens with zero attached hydrogens (tertiary/aromatic N) is 2. The predicted octanol–water partition coefficient (Wildman–Crippen LogP) is -0.560. The minimum atomic E-state index is -1.78. The summed E-state index contributed by atoms with van der Waals surface area (Å²) < 4.78 is 12.8. The minimum Gasteiger partial charge on any atom is -0.846 e. The van der Waals surface area contributed by atoms with Crippen LogP contribution in [0.4, 0.5) is 0 Å². The zero-order valence-corrected chi connectivity index (χ0v) is 17.3. The summed E-state index contributed by atoms with van der Waals surface area (Å²) in [5.41, 5.74) is 0.0632. The number of rotatable bonds is 7. The van der Waals surface area contributed by atoms with E-state index < -0.39 is 19.9 Å². The van der Waals surface area contributed by atoms with Gasteiger partial charge in [-0.25, -0.2) is 4.98 Å². The Kier molecular flexibility index (Phi) is 8.98. The van der Waals surface area contributed by atoms with Crippen molar-refractivity contribution in [3.05, 3.63) is 22.1 Å². The van der Waals surface area contributed by atoms with Crippen LogP contribution in [0.2, 0.25) is 18.1 Å². The molecule has 0 saturated heterocycles. The molecule has 0 aromatic carbocycles. The zero-order valence-electron chi connectivity index (χ0n) is 16.3. The van der Waals surface area contributed by atoms with E-state index in [1.165, 1.54) is 10.8 Å². The molecule has 0 spiro atoms. The molecular weight excluding hydrogens is 319 g/mol. The van der Waals surface area contributed by atoms with Crippen LogP contribution in [0.5, 0.6) is 6.01 Å². The Bertz CT molecular complexity index is 582. The van der Waals surface area contributed by atoms with Gasteiger partial charge in [0.2, 0.25) is 0 Å². The molecule has 0 bridgehead atoms. The van der Waals surface area contributed by atoms with Crippen molar-refractivity contribution in [3.63, 3.8) is 0 Å². The first-order chi connectivity index (χ1) is 10.5. The van der Waals surface area contributed by atoms with Crippen LogP contribution < -0.4 is 29.5 Å². The van der Waals surface area contributed by atoms with Crippen LogP contribution in [-0.4, -0.2) is 31.1 Å². The molecule has 1 aromatic rings. The van der Waals surface area contributed by atoms with Gasteiger partial charge in [-0.2, -0.15) is 0 Å². The molecule has 1 heterocycles. The van der Waals surface area contributed by atoms with Gasteiger partial charge in [-0.15, -0.1) is 0 Å². The average molecular weight is 348 g/mol. The zero-order chi connectivity index (χ0) is 17.8. The van der Waals surface area contributed by atoms with Gasteiger partial charge >= 0.3 is 18.9 Å². The van der Waals surface area contributed by atoms with Gasteiger partial charge in [0, 0.05) is 11.8 Å². The average Bonchev–Trinajstić information content (AvgIpc) is 2.38. The maximum absolute atomic E-state index is 11.7. The van der Waals surface area contributed by atoms with E-state index in [0.717, 1.165) is 0 Å². The Hall–Kier alpha value is -0.586. The van der Waals surface area contributed by atoms with E-state index in [2.05, 4.69) is 38.8 Å². The normalized spacial score (nSPS) is 12.3. The smallest absolute Gasteiger partial charge is 0.846 e. The van der Waals surface area contributed by atoms with Crippen molar-refractivity contribution in [1.29, 1.82) is 0 Å². The van der Waals surface area contributed by atoms with E-state index in [1.54, 1.807) is 0 Å². The molecule has 0 fully saturated rings. The number of hydrogen-bond acceptors (Lipinski definition) is 5. The molecule has 0 radical (unpaired) electrons. The van der Waals surface area contributed by atoms with Gasteiger partial charge in [-0.1, -0.05) is 34.6 Å². The molecule has 132 valence electrons. The molecule has 0 atom stereocenters. The predicted molar refractivity (Wildman–Crippen MR) is 91.1 cm³/mol. The molecule has 24 heavy (non-hydrogen) atoms. The Balaban J connectivity index is 0.00000529. The molecule has 6 nitrogen and oxygen atoms in total. The van der Waals surface area contributed by atoms with E-state index in [0.29, 0.717) is 18.8 Å². The topological polar surface area (TPSA) is 76.4 Å². The fourth-order valence-corrected chi connectivity index (χ4v) is 2.74. The summed E-state index contributed by atoms with van der Waals surface area (Å²) in [4.78, 5) is 15.1. The van der Waals surface area contributed by atoms with E-state index in [4.69, 9.17) is 9.16 Å². The number of aromatic nitrogens is 2. The summed E-state index contributed by atoms with van der Waals surface area (Å²) in [6.45, 7) is 15.7. The Morgan fingerprint density at radius 2 is 1.88 bits per heavy atom. The van der Waals surface area contributed by atoms with Crippen molar-refractivity contribution in [2.45, 2.75) is 65.4 Å². The van der Waals surface area contributed by atoms with Crippen LogP contribution in [0.1, 0.15) is 46.1 Å². The van der Waals surface area contributed by atoms with E-state index in [9.17, 15) is 9.90 Å². The molecular formula is C16H29LiN2O4Si. The summed E-state index contributed by atoms with van der Waals surface area (Å²) in [5, 5.41) is 11.9. The Morgan fingerprint density at radius 1 is 1.29 bits per heavy atom. The van der Waals surface area contributed by atoms with Gasteiger partial charge in [-0.05, 0) is 24.1 Å². The van der Waals surface area contributed by atoms with Crippen molar-refractivity contribution >= 4 is 8.32 Å². The first-order valence-corrected chi connectivity index (χ1v) is 10.9. The van der Waals surface area contributed by atoms with Crippen LogP contribution in [0, 0.1) is 0 Å². The Morgan fingerprint density at radius 3 is 2.38 bits per heavy atom. The summed E-state index contributed by atoms with van der Waals surface area (Å²) >= 11 is 0. The van der Waals surface area contributed by atoms with E-state index in [1.807, 2.05) is 13.8 Å². The van der Waals surface area contributed by atoms with Crippen LogP contribution in [0.15, 0.2) is 11.0 Å². The maximum Gasteiger partial charge on any atom is 1.00 e. The third-order valence-electron chi connectivity index (χ3n) is 4.33. The first kappa shape index (κ1) is 23.4. The molecule has 0 aliphatic carbocycles. The Labute approximate surface area is 157 Å². The van der Waals surface area contributed by atoms with E-state index >= 15 is 0 Å². The minimum absolute atomic E-state index is 0. The summed E-state index contributed by atoms with van der Waals surface area (Å²) in [6, 6.07) is -0.579. The SMILES string of the molecule is CC(C)c1cn(COCCO[Si](C)(C)C(C)(C)C)c([O-])nc1=O.[Li+]. The van der Waals surface area contributed by atoms with Crippen molar-refractivity contribution in [2.24, 2.45) is 0 Å². The van der Waals surface area contributed by atoms with Crippen molar-refractivity contribution in [1.82, 2.24) is 9.55 Å². The first-order valence-electron chi connectivity index (χ1n) is 7.96. The molecule has 1 rings (SSSR count). The maximum atomic E-state index is 11.7. The second-order valence-electron chi connectivity index (χ2n) is 7.55. The molecule has 1 aromatic heterocycles. The molecule has 0 aliphatic heterocycles. The molecule has 0 saturated carbocycles. The van der Waals surface area contributed by atoms with Crippen molar-refractivity contribution in [2.75, 3.05) is 13.2 Å². The molecule has 0 amide bonds. The van der Waals surface area contributed by atoms with Crippen molar-refractivity contribution < 1.29 is 33.1 Å². The molecule has 8 heteroatoms. The molecule has 0 N–H and O–H groups in total. The number of ether oxygens (including phenoxy) is 1. The van der Waals surface area contributed by atoms with Gasteiger partial charge in [-0.3, -0.25) is 4.79 Å². The third kappa shape index (κ3) is 6.38. The molecule has 0 unspecified atom stereocenters. The fraction of sp³-hybridized carbons (Fsp3) is 0.750. The summed E-state index contributed by atoms with van der Waals surface area (Å²) in [6.07, 6.45) is 1.54. The molecule has 0 aliphatic rings. The van der Waals surface area contributed by atoms with Gasteiger partial charge in [0.25, 0.3) is 5.56 Å². The second kappa shape index (κ2) is 9.21. The fourth-order valence-electron chi connectivity index (χ4n) is 1.72.